The summed E-state index contributed by atoms with van der Waals surface area (Å²) in [5.41, 5.74) is 0.811. The number of unbranched alkanes of at least 4 members (excludes halogenated alkanes) is 12. The van der Waals surface area contributed by atoms with Gasteiger partial charge in [0, 0.05) is 24.5 Å². The maximum Gasteiger partial charge on any atom is 0.418 e. The molecule has 2 saturated carbocycles. The number of thioether (sulfide) groups is 1. The third kappa shape index (κ3) is 12.1. The van der Waals surface area contributed by atoms with Crippen molar-refractivity contribution in [3.05, 3.63) is 11.3 Å². The maximum absolute atomic E-state index is 14.0. The molecule has 0 aromatic heterocycles. The highest BCUT2D eigenvalue weighted by atomic mass is 32.2. The predicted octanol–water partition coefficient (Wildman–Crippen LogP) is 9.27. The molecular weight excluding hydrogens is 665 g/mol. The fourth-order valence-electron chi connectivity index (χ4n) is 8.78. The van der Waals surface area contributed by atoms with Gasteiger partial charge >= 0.3 is 18.1 Å². The molecule has 11 heteroatoms. The first-order valence-electron chi connectivity index (χ1n) is 20.6. The molecule has 0 saturated heterocycles. The predicted molar refractivity (Wildman–Crippen MR) is 206 cm³/mol. The number of ether oxygens (including phenoxy) is 3. The Kier molecular flexibility index (Phi) is 18.5. The molecule has 2 aliphatic heterocycles. The number of esters is 1. The lowest BCUT2D eigenvalue weighted by Gasteiger charge is -2.47. The molecule has 4 aliphatic rings. The van der Waals surface area contributed by atoms with Crippen molar-refractivity contribution < 1.29 is 28.6 Å². The van der Waals surface area contributed by atoms with Crippen LogP contribution in [0.15, 0.2) is 16.3 Å². The Morgan fingerprint density at radius 1 is 0.824 bits per heavy atom. The van der Waals surface area contributed by atoms with Crippen molar-refractivity contribution in [1.29, 1.82) is 0 Å². The monoisotopic (exact) mass is 732 g/mol. The standard InChI is InChI=1S/C40H68N4O6S/c1-5-8-9-10-11-12-13-14-15-16-17-18-19-23-29-24-22-27-33(48-4)34(29)36-35(37(45)49-6-2)32(43-39(46)44(36)40(47)50-7-3)28-51-38-41-30-25-20-21-26-31(30)42-38/h29-31,33-34,36H,5-28H2,1-4H3,(H,41,42)(H,43,46). The number of amidine groups is 1. The SMILES string of the molecule is CCCCCCCCCCCCCCCC1CCCC(OC)C1C1C(C(=O)OCC)=C(CSC2=NC3CCCCC3N2)NC(=O)N1C(=O)OCC. The van der Waals surface area contributed by atoms with Crippen molar-refractivity contribution in [2.75, 3.05) is 26.1 Å². The van der Waals surface area contributed by atoms with Crippen LogP contribution >= 0.6 is 11.8 Å². The van der Waals surface area contributed by atoms with Gasteiger partial charge in [-0.1, -0.05) is 121 Å². The number of nitrogens with zero attached hydrogens (tertiary/aromatic N) is 2. The number of nitrogens with one attached hydrogen (secondary N) is 2. The van der Waals surface area contributed by atoms with Crippen LogP contribution in [0.5, 0.6) is 0 Å². The van der Waals surface area contributed by atoms with Gasteiger partial charge in [-0.15, -0.1) is 0 Å². The Morgan fingerprint density at radius 2 is 1.47 bits per heavy atom. The molecule has 10 nitrogen and oxygen atoms in total. The first-order chi connectivity index (χ1) is 24.9. The van der Waals surface area contributed by atoms with E-state index < -0.39 is 24.1 Å². The maximum atomic E-state index is 14.0. The van der Waals surface area contributed by atoms with Gasteiger partial charge in [-0.05, 0) is 51.9 Å². The van der Waals surface area contributed by atoms with Gasteiger partial charge in [-0.25, -0.2) is 19.3 Å². The Hall–Kier alpha value is -2.27. The molecule has 0 bridgehead atoms. The molecule has 3 amide bonds. The van der Waals surface area contributed by atoms with Crippen molar-refractivity contribution in [2.45, 2.75) is 180 Å². The van der Waals surface area contributed by atoms with Gasteiger partial charge < -0.3 is 24.8 Å². The number of hydrogen-bond donors (Lipinski definition) is 2. The lowest BCUT2D eigenvalue weighted by Crippen LogP contribution is -2.62. The summed E-state index contributed by atoms with van der Waals surface area (Å²) < 4.78 is 17.3. The number of imide groups is 1. The molecule has 2 aliphatic carbocycles. The van der Waals surface area contributed by atoms with Gasteiger partial charge in [0.25, 0.3) is 0 Å². The van der Waals surface area contributed by atoms with Crippen LogP contribution in [-0.4, -0.2) is 78.5 Å². The van der Waals surface area contributed by atoms with Gasteiger partial charge in [0.1, 0.15) is 0 Å². The van der Waals surface area contributed by atoms with Gasteiger partial charge in [0.15, 0.2) is 5.17 Å². The van der Waals surface area contributed by atoms with Crippen molar-refractivity contribution in [1.82, 2.24) is 15.5 Å². The van der Waals surface area contributed by atoms with E-state index in [0.717, 1.165) is 61.4 Å². The fraction of sp³-hybridized carbons (Fsp3) is 0.850. The summed E-state index contributed by atoms with van der Waals surface area (Å²) in [6.07, 6.45) is 24.2. The van der Waals surface area contributed by atoms with E-state index in [0.29, 0.717) is 23.1 Å². The average molecular weight is 733 g/mol. The summed E-state index contributed by atoms with van der Waals surface area (Å²) in [7, 11) is 1.71. The Balaban J connectivity index is 1.48. The van der Waals surface area contributed by atoms with Crippen LogP contribution in [0.25, 0.3) is 0 Å². The van der Waals surface area contributed by atoms with Crippen LogP contribution in [0, 0.1) is 11.8 Å². The minimum atomic E-state index is -0.856. The first-order valence-corrected chi connectivity index (χ1v) is 21.6. The molecule has 6 unspecified atom stereocenters. The van der Waals surface area contributed by atoms with E-state index in [1.807, 2.05) is 0 Å². The Bertz CT molecular complexity index is 1160. The average Bonchev–Trinajstić information content (AvgIpc) is 3.55. The number of carbonyl (C=O) groups is 3. The van der Waals surface area contributed by atoms with Gasteiger partial charge in [0.2, 0.25) is 0 Å². The highest BCUT2D eigenvalue weighted by Crippen LogP contribution is 2.43. The zero-order valence-electron chi connectivity index (χ0n) is 32.2. The number of methoxy groups -OCH3 is 1. The van der Waals surface area contributed by atoms with Crippen LogP contribution in [0.3, 0.4) is 0 Å². The summed E-state index contributed by atoms with van der Waals surface area (Å²) in [6.45, 7) is 6.07. The first kappa shape index (κ1) is 41.5. The quantitative estimate of drug-likeness (QED) is 0.0886. The molecule has 0 aromatic rings. The summed E-state index contributed by atoms with van der Waals surface area (Å²) >= 11 is 1.50. The highest BCUT2D eigenvalue weighted by molar-refractivity contribution is 8.14. The third-order valence-corrected chi connectivity index (χ3v) is 12.3. The number of carbonyl (C=O) groups excluding carboxylic acids is 3. The second-order valence-corrected chi connectivity index (χ2v) is 15.9. The van der Waals surface area contributed by atoms with Crippen LogP contribution in [0.4, 0.5) is 9.59 Å². The number of rotatable bonds is 21. The molecule has 0 spiro atoms. The minimum absolute atomic E-state index is 0.116. The lowest BCUT2D eigenvalue weighted by atomic mass is 9.68. The topological polar surface area (TPSA) is 119 Å². The smallest absolute Gasteiger partial charge is 0.418 e. The van der Waals surface area contributed by atoms with Crippen LogP contribution < -0.4 is 10.6 Å². The number of fused-ring (bicyclic) bond motifs is 1. The molecular formula is C40H68N4O6S. The van der Waals surface area contributed by atoms with E-state index in [1.165, 1.54) is 95.2 Å². The molecule has 0 radical (unpaired) electrons. The van der Waals surface area contributed by atoms with Gasteiger partial charge in [-0.2, -0.15) is 0 Å². The van der Waals surface area contributed by atoms with E-state index in [4.69, 9.17) is 19.2 Å². The number of amides is 3. The molecule has 4 rings (SSSR count). The van der Waals surface area contributed by atoms with Crippen LogP contribution in [0.2, 0.25) is 0 Å². The lowest BCUT2D eigenvalue weighted by molar-refractivity contribution is -0.140. The van der Waals surface area contributed by atoms with Crippen molar-refractivity contribution >= 4 is 35.0 Å². The molecule has 2 fully saturated rings. The number of aliphatic imine (C=N–C) groups is 1. The molecule has 2 N–H and O–H groups in total. The van der Waals surface area contributed by atoms with Crippen LogP contribution in [-0.2, 0) is 19.0 Å². The molecule has 2 heterocycles. The van der Waals surface area contributed by atoms with E-state index >= 15 is 0 Å². The molecule has 0 aromatic carbocycles. The normalized spacial score (nSPS) is 26.3. The summed E-state index contributed by atoms with van der Waals surface area (Å²) in [4.78, 5) is 47.6. The van der Waals surface area contributed by atoms with Crippen LogP contribution in [0.1, 0.15) is 156 Å². The summed E-state index contributed by atoms with van der Waals surface area (Å²) in [5.74, 6) is -0.276. The highest BCUT2D eigenvalue weighted by Gasteiger charge is 2.51. The zero-order valence-corrected chi connectivity index (χ0v) is 33.0. The molecule has 290 valence electrons. The van der Waals surface area contributed by atoms with Crippen molar-refractivity contribution in [3.63, 3.8) is 0 Å². The van der Waals surface area contributed by atoms with Crippen molar-refractivity contribution in [2.24, 2.45) is 16.8 Å². The Labute approximate surface area is 312 Å². The fourth-order valence-corrected chi connectivity index (χ4v) is 9.73. The summed E-state index contributed by atoms with van der Waals surface area (Å²) in [6, 6.07) is -0.797. The second-order valence-electron chi connectivity index (χ2n) is 15.0. The van der Waals surface area contributed by atoms with E-state index in [9.17, 15) is 14.4 Å². The minimum Gasteiger partial charge on any atom is -0.463 e. The second kappa shape index (κ2) is 22.7. The third-order valence-electron chi connectivity index (χ3n) is 11.4. The largest absolute Gasteiger partial charge is 0.463 e. The van der Waals surface area contributed by atoms with Gasteiger partial charge in [-0.3, -0.25) is 4.99 Å². The number of urea groups is 1. The van der Waals surface area contributed by atoms with E-state index in [2.05, 4.69) is 17.6 Å². The van der Waals surface area contributed by atoms with Gasteiger partial charge in [0.05, 0.1) is 43.0 Å². The molecule has 51 heavy (non-hydrogen) atoms. The zero-order chi connectivity index (χ0) is 36.4. The number of hydrogen-bond acceptors (Lipinski definition) is 9. The van der Waals surface area contributed by atoms with E-state index in [1.54, 1.807) is 21.0 Å². The molecule has 6 atom stereocenters. The van der Waals surface area contributed by atoms with E-state index in [-0.39, 0.29) is 37.2 Å². The summed E-state index contributed by atoms with van der Waals surface area (Å²) in [5, 5.41) is 7.33. The van der Waals surface area contributed by atoms with Crippen molar-refractivity contribution in [3.8, 4) is 0 Å². The Morgan fingerprint density at radius 3 is 2.10 bits per heavy atom.